The minimum Gasteiger partial charge on any atom is -0.449 e. The standard InChI is InChI=1S/C47H65IN6O10/c1-7-20-49-41(56)30-63-31-43(58)64-47(6,32-48)40(55)27-50-44(59)38(26-36-16-12-9-13-17-36)51-45(60)37(25-33(2)3)52-46(61)39(19-18-35-14-10-8-11-15-35)54(28-34(4)5)42(57)29-53-21-23-62-24-22-53/h1,8-17,33-34,37-39H,18-32H2,2-6H3,(H,49,56)(H,50,59)(H,51,60)(H,52,61)/t37-,38-,39-,47+/m0/s1. The predicted octanol–water partition coefficient (Wildman–Crippen LogP) is 2.25. The van der Waals surface area contributed by atoms with Crippen LogP contribution in [0.1, 0.15) is 58.6 Å². The van der Waals surface area contributed by atoms with Gasteiger partial charge in [0.25, 0.3) is 0 Å². The summed E-state index contributed by atoms with van der Waals surface area (Å²) in [4.78, 5) is 98.4. The lowest BCUT2D eigenvalue weighted by Gasteiger charge is -2.36. The van der Waals surface area contributed by atoms with E-state index in [0.29, 0.717) is 45.7 Å². The maximum absolute atomic E-state index is 14.6. The van der Waals surface area contributed by atoms with E-state index in [0.717, 1.165) is 11.1 Å². The number of alkyl halides is 1. The molecule has 0 spiro atoms. The molecule has 0 aromatic heterocycles. The minimum atomic E-state index is -1.66. The maximum atomic E-state index is 14.6. The SMILES string of the molecule is C#CCNC(=O)COCC(=O)O[C@](C)(CI)C(=O)CNC(=O)[C@H](Cc1ccccc1)NC(=O)[C@H](CC(C)C)NC(=O)[C@H](CCc1ccccc1)N(CC(C)C)C(=O)CN1CCOCC1. The average Bonchev–Trinajstić information content (AvgIpc) is 3.27. The van der Waals surface area contributed by atoms with Crippen LogP contribution in [0.4, 0.5) is 0 Å². The van der Waals surface area contributed by atoms with Crippen LogP contribution in [-0.4, -0.2) is 145 Å². The highest BCUT2D eigenvalue weighted by molar-refractivity contribution is 14.1. The van der Waals surface area contributed by atoms with Crippen molar-refractivity contribution in [1.82, 2.24) is 31.1 Å². The van der Waals surface area contributed by atoms with Gasteiger partial charge in [0.2, 0.25) is 29.5 Å². The Kier molecular flexibility index (Phi) is 23.5. The van der Waals surface area contributed by atoms with E-state index in [-0.39, 0.29) is 48.1 Å². The molecule has 0 unspecified atom stereocenters. The predicted molar refractivity (Wildman–Crippen MR) is 250 cm³/mol. The summed E-state index contributed by atoms with van der Waals surface area (Å²) in [5.41, 5.74) is 0.0655. The van der Waals surface area contributed by atoms with Gasteiger partial charge in [-0.05, 0) is 49.1 Å². The quantitative estimate of drug-likeness (QED) is 0.0443. The fourth-order valence-corrected chi connectivity index (χ4v) is 7.44. The van der Waals surface area contributed by atoms with Gasteiger partial charge in [-0.2, -0.15) is 0 Å². The molecule has 17 heteroatoms. The number of esters is 1. The van der Waals surface area contributed by atoms with Gasteiger partial charge >= 0.3 is 5.97 Å². The molecule has 2 aromatic carbocycles. The molecule has 3 rings (SSSR count). The van der Waals surface area contributed by atoms with Crippen molar-refractivity contribution >= 4 is 63.9 Å². The van der Waals surface area contributed by atoms with Crippen molar-refractivity contribution in [1.29, 1.82) is 0 Å². The Bertz CT molecular complexity index is 1870. The van der Waals surface area contributed by atoms with Gasteiger partial charge in [0.05, 0.1) is 32.8 Å². The maximum Gasteiger partial charge on any atom is 0.333 e. The smallest absolute Gasteiger partial charge is 0.333 e. The van der Waals surface area contributed by atoms with Gasteiger partial charge in [0, 0.05) is 30.5 Å². The van der Waals surface area contributed by atoms with Crippen molar-refractivity contribution < 1.29 is 47.8 Å². The molecule has 1 saturated heterocycles. The summed E-state index contributed by atoms with van der Waals surface area (Å²) in [6, 6.07) is 15.5. The number of nitrogens with zero attached hydrogens (tertiary/aromatic N) is 2. The number of ether oxygens (including phenoxy) is 3. The number of rotatable bonds is 27. The first-order valence-corrected chi connectivity index (χ1v) is 23.2. The lowest BCUT2D eigenvalue weighted by Crippen LogP contribution is -2.59. The molecule has 1 aliphatic rings. The number of nitrogens with one attached hydrogen (secondary N) is 4. The molecule has 64 heavy (non-hydrogen) atoms. The highest BCUT2D eigenvalue weighted by atomic mass is 127. The molecule has 350 valence electrons. The molecule has 0 aliphatic carbocycles. The van der Waals surface area contributed by atoms with Crippen LogP contribution in [0.2, 0.25) is 0 Å². The third-order valence-corrected chi connectivity index (χ3v) is 11.7. The first kappa shape index (κ1) is 53.4. The third kappa shape index (κ3) is 19.1. The van der Waals surface area contributed by atoms with E-state index < -0.39 is 78.9 Å². The molecule has 16 nitrogen and oxygen atoms in total. The molecule has 4 atom stereocenters. The van der Waals surface area contributed by atoms with Gasteiger partial charge in [0.1, 0.15) is 31.3 Å². The van der Waals surface area contributed by atoms with Crippen molar-refractivity contribution in [2.24, 2.45) is 11.8 Å². The van der Waals surface area contributed by atoms with Gasteiger partial charge < -0.3 is 40.4 Å². The van der Waals surface area contributed by atoms with Crippen molar-refractivity contribution in [3.63, 3.8) is 0 Å². The molecule has 1 aliphatic heterocycles. The number of aryl methyl sites for hydroxylation is 1. The van der Waals surface area contributed by atoms with Crippen molar-refractivity contribution in [3.8, 4) is 12.3 Å². The van der Waals surface area contributed by atoms with E-state index in [4.69, 9.17) is 20.6 Å². The Hall–Kier alpha value is -4.90. The summed E-state index contributed by atoms with van der Waals surface area (Å²) in [6.45, 7) is 10.3. The third-order valence-electron chi connectivity index (χ3n) is 10.3. The van der Waals surface area contributed by atoms with Crippen LogP contribution in [0.15, 0.2) is 60.7 Å². The molecule has 1 fully saturated rings. The van der Waals surface area contributed by atoms with Gasteiger partial charge in [-0.3, -0.25) is 33.7 Å². The van der Waals surface area contributed by atoms with Crippen LogP contribution in [0.5, 0.6) is 0 Å². The van der Waals surface area contributed by atoms with Gasteiger partial charge in [-0.25, -0.2) is 4.79 Å². The van der Waals surface area contributed by atoms with E-state index in [1.807, 2.05) is 91.6 Å². The van der Waals surface area contributed by atoms with Crippen LogP contribution in [0, 0.1) is 24.2 Å². The molecule has 0 bridgehead atoms. The number of hydrogen-bond donors (Lipinski definition) is 4. The number of hydrogen-bond acceptors (Lipinski definition) is 11. The van der Waals surface area contributed by atoms with E-state index in [1.165, 1.54) is 6.92 Å². The van der Waals surface area contributed by atoms with Crippen LogP contribution in [0.3, 0.4) is 0 Å². The van der Waals surface area contributed by atoms with E-state index >= 15 is 0 Å². The second-order valence-corrected chi connectivity index (χ2v) is 17.5. The summed E-state index contributed by atoms with van der Waals surface area (Å²) < 4.78 is 16.1. The fraction of sp³-hybridized carbons (Fsp3) is 0.553. The van der Waals surface area contributed by atoms with E-state index in [9.17, 15) is 33.6 Å². The Balaban J connectivity index is 1.82. The fourth-order valence-electron chi connectivity index (χ4n) is 6.86. The van der Waals surface area contributed by atoms with Crippen molar-refractivity contribution in [2.75, 3.05) is 70.1 Å². The lowest BCUT2D eigenvalue weighted by atomic mass is 9.98. The molecule has 0 radical (unpaired) electrons. The molecule has 4 N–H and O–H groups in total. The van der Waals surface area contributed by atoms with Crippen LogP contribution < -0.4 is 21.3 Å². The summed E-state index contributed by atoms with van der Waals surface area (Å²) in [5.74, 6) is -1.77. The summed E-state index contributed by atoms with van der Waals surface area (Å²) in [7, 11) is 0. The number of terminal acetylenes is 1. The van der Waals surface area contributed by atoms with Crippen LogP contribution in [0.25, 0.3) is 0 Å². The lowest BCUT2D eigenvalue weighted by molar-refractivity contribution is -0.167. The zero-order chi connectivity index (χ0) is 47.1. The van der Waals surface area contributed by atoms with Crippen molar-refractivity contribution in [2.45, 2.75) is 84.0 Å². The van der Waals surface area contributed by atoms with Crippen molar-refractivity contribution in [3.05, 3.63) is 71.8 Å². The second-order valence-electron chi connectivity index (χ2n) is 16.8. The Labute approximate surface area is 391 Å². The number of carbonyl (C=O) groups is 7. The van der Waals surface area contributed by atoms with Gasteiger partial charge in [0.15, 0.2) is 11.4 Å². The molecular weight excluding hydrogens is 935 g/mol. The normalized spacial score (nSPS) is 15.1. The monoisotopic (exact) mass is 1000 g/mol. The summed E-state index contributed by atoms with van der Waals surface area (Å²) >= 11 is 1.89. The van der Waals surface area contributed by atoms with Crippen LogP contribution in [-0.2, 0) is 60.6 Å². The largest absolute Gasteiger partial charge is 0.449 e. The van der Waals surface area contributed by atoms with Crippen LogP contribution >= 0.6 is 22.6 Å². The Morgan fingerprint density at radius 1 is 0.844 bits per heavy atom. The number of ketones is 1. The average molecular weight is 1000 g/mol. The zero-order valence-electron chi connectivity index (χ0n) is 37.7. The molecule has 5 amide bonds. The minimum absolute atomic E-state index is 0.00229. The van der Waals surface area contributed by atoms with Gasteiger partial charge in [-0.15, -0.1) is 6.42 Å². The Morgan fingerprint density at radius 2 is 1.47 bits per heavy atom. The highest BCUT2D eigenvalue weighted by Crippen LogP contribution is 2.18. The molecule has 0 saturated carbocycles. The number of amides is 5. The number of carbonyl (C=O) groups excluding carboxylic acids is 7. The first-order chi connectivity index (χ1) is 30.5. The Morgan fingerprint density at radius 3 is 2.06 bits per heavy atom. The molecule has 2 aromatic rings. The second kappa shape index (κ2) is 28.1. The first-order valence-electron chi connectivity index (χ1n) is 21.7. The molecule has 1 heterocycles. The highest BCUT2D eigenvalue weighted by Gasteiger charge is 2.38. The topological polar surface area (TPSA) is 202 Å². The summed E-state index contributed by atoms with van der Waals surface area (Å²) in [5, 5.41) is 10.8. The number of benzene rings is 2. The number of halogens is 1. The number of Topliss-reactive ketones (excluding diaryl/α,β-unsaturated/α-hetero) is 1. The summed E-state index contributed by atoms with van der Waals surface area (Å²) in [6.07, 6.45) is 6.22. The van der Waals surface area contributed by atoms with E-state index in [1.54, 1.807) is 29.2 Å². The zero-order valence-corrected chi connectivity index (χ0v) is 39.9. The molecular formula is C47H65IN6O10. The van der Waals surface area contributed by atoms with Gasteiger partial charge in [-0.1, -0.05) is 117 Å². The van der Waals surface area contributed by atoms with E-state index in [2.05, 4.69) is 27.2 Å². The number of morpholine rings is 1.